The summed E-state index contributed by atoms with van der Waals surface area (Å²) in [7, 11) is 1.52. The zero-order valence-corrected chi connectivity index (χ0v) is 16.1. The summed E-state index contributed by atoms with van der Waals surface area (Å²) in [4.78, 5) is 32.4. The molecule has 0 bridgehead atoms. The molecular weight excluding hydrogens is 352 g/mol. The number of carbonyl (C=O) groups is 2. The first-order valence-corrected chi connectivity index (χ1v) is 9.12. The Balaban J connectivity index is 2.01. The number of methoxy groups -OCH3 is 1. The minimum absolute atomic E-state index is 0.130. The number of hydrogen-bond donors (Lipinski definition) is 2. The molecule has 0 saturated carbocycles. The molecule has 2 aromatic rings. The molecule has 1 aromatic heterocycles. The van der Waals surface area contributed by atoms with Crippen molar-refractivity contribution in [1.82, 2.24) is 9.97 Å². The third-order valence-electron chi connectivity index (χ3n) is 3.37. The number of nitrogens with one attached hydrogen (secondary N) is 2. The van der Waals surface area contributed by atoms with E-state index in [0.717, 1.165) is 11.4 Å². The molecule has 2 N–H and O–H groups in total. The van der Waals surface area contributed by atoms with E-state index in [1.807, 2.05) is 19.9 Å². The molecule has 0 spiro atoms. The lowest BCUT2D eigenvalue weighted by Gasteiger charge is -2.12. The van der Waals surface area contributed by atoms with Gasteiger partial charge in [0.2, 0.25) is 11.8 Å². The summed E-state index contributed by atoms with van der Waals surface area (Å²) < 4.78 is 5.23. The van der Waals surface area contributed by atoms with Crippen LogP contribution in [0.4, 0.5) is 11.4 Å². The number of thioether (sulfide) groups is 1. The Bertz CT molecular complexity index is 791. The summed E-state index contributed by atoms with van der Waals surface area (Å²) in [5.41, 5.74) is 2.82. The number of ether oxygens (including phenoxy) is 1. The molecule has 0 atom stereocenters. The average Bonchev–Trinajstić information content (AvgIpc) is 2.59. The van der Waals surface area contributed by atoms with Crippen molar-refractivity contribution in [2.24, 2.45) is 0 Å². The first kappa shape index (κ1) is 19.7. The quantitative estimate of drug-likeness (QED) is 0.571. The number of aromatic nitrogens is 2. The van der Waals surface area contributed by atoms with E-state index in [1.54, 1.807) is 25.1 Å². The number of carbonyl (C=O) groups excluding carboxylic acids is 2. The van der Waals surface area contributed by atoms with Gasteiger partial charge in [0, 0.05) is 23.5 Å². The van der Waals surface area contributed by atoms with Crippen LogP contribution in [-0.4, -0.2) is 34.6 Å². The number of benzene rings is 1. The molecule has 0 aliphatic rings. The van der Waals surface area contributed by atoms with Gasteiger partial charge in [-0.2, -0.15) is 0 Å². The van der Waals surface area contributed by atoms with Gasteiger partial charge < -0.3 is 15.4 Å². The molecule has 0 aliphatic carbocycles. The first-order chi connectivity index (χ1) is 12.4. The molecular formula is C18H22N4O3S. The number of hydrogen-bond acceptors (Lipinski definition) is 6. The molecule has 0 fully saturated rings. The van der Waals surface area contributed by atoms with Gasteiger partial charge in [0.1, 0.15) is 5.75 Å². The Labute approximate surface area is 157 Å². The van der Waals surface area contributed by atoms with Crippen LogP contribution in [0.15, 0.2) is 29.4 Å². The van der Waals surface area contributed by atoms with Crippen molar-refractivity contribution >= 4 is 35.0 Å². The second kappa shape index (κ2) is 9.19. The molecule has 2 rings (SSSR count). The minimum Gasteiger partial charge on any atom is -0.495 e. The van der Waals surface area contributed by atoms with Crippen LogP contribution in [0, 0.1) is 13.8 Å². The highest BCUT2D eigenvalue weighted by molar-refractivity contribution is 7.99. The van der Waals surface area contributed by atoms with Crippen LogP contribution < -0.4 is 15.4 Å². The molecule has 8 heteroatoms. The summed E-state index contributed by atoms with van der Waals surface area (Å²) in [5.74, 6) is 0.402. The Morgan fingerprint density at radius 2 is 1.77 bits per heavy atom. The molecule has 0 radical (unpaired) electrons. The molecule has 1 aromatic carbocycles. The Kier molecular flexibility index (Phi) is 6.97. The fourth-order valence-corrected chi connectivity index (χ4v) is 2.96. The van der Waals surface area contributed by atoms with E-state index in [9.17, 15) is 9.59 Å². The predicted octanol–water partition coefficient (Wildman–Crippen LogP) is 3.18. The largest absolute Gasteiger partial charge is 0.495 e. The van der Waals surface area contributed by atoms with E-state index >= 15 is 0 Å². The van der Waals surface area contributed by atoms with Crippen LogP contribution in [0.5, 0.6) is 5.75 Å². The molecule has 2 amide bonds. The van der Waals surface area contributed by atoms with Gasteiger partial charge >= 0.3 is 0 Å². The fourth-order valence-electron chi connectivity index (χ4n) is 2.21. The Hall–Kier alpha value is -2.61. The molecule has 0 unspecified atom stereocenters. The van der Waals surface area contributed by atoms with Gasteiger partial charge in [0.25, 0.3) is 0 Å². The number of anilines is 2. The zero-order valence-electron chi connectivity index (χ0n) is 15.3. The Morgan fingerprint density at radius 3 is 2.38 bits per heavy atom. The normalized spacial score (nSPS) is 10.3. The fraction of sp³-hybridized carbons (Fsp3) is 0.333. The summed E-state index contributed by atoms with van der Waals surface area (Å²) in [6, 6.07) is 6.97. The van der Waals surface area contributed by atoms with Crippen molar-refractivity contribution in [2.75, 3.05) is 23.5 Å². The highest BCUT2D eigenvalue weighted by Crippen LogP contribution is 2.28. The van der Waals surface area contributed by atoms with E-state index in [4.69, 9.17) is 4.74 Å². The molecule has 26 heavy (non-hydrogen) atoms. The average molecular weight is 374 g/mol. The zero-order chi connectivity index (χ0) is 19.1. The summed E-state index contributed by atoms with van der Waals surface area (Å²) in [6.07, 6.45) is 0.353. The molecule has 138 valence electrons. The summed E-state index contributed by atoms with van der Waals surface area (Å²) in [5, 5.41) is 6.13. The van der Waals surface area contributed by atoms with Gasteiger partial charge in [-0.05, 0) is 38.1 Å². The second-order valence-electron chi connectivity index (χ2n) is 5.59. The van der Waals surface area contributed by atoms with Gasteiger partial charge in [-0.15, -0.1) is 0 Å². The summed E-state index contributed by atoms with van der Waals surface area (Å²) in [6.45, 7) is 5.55. The van der Waals surface area contributed by atoms with Crippen molar-refractivity contribution in [3.8, 4) is 5.75 Å². The lowest BCUT2D eigenvalue weighted by molar-refractivity contribution is -0.116. The predicted molar refractivity (Wildman–Crippen MR) is 103 cm³/mol. The van der Waals surface area contributed by atoms with Crippen LogP contribution >= 0.6 is 11.8 Å². The standard InChI is InChI=1S/C18H22N4O3S/c1-5-16(23)22-14-9-13(6-7-15(14)25-4)21-17(24)10-26-18-19-11(2)8-12(3)20-18/h6-9H,5,10H2,1-4H3,(H,21,24)(H,22,23). The number of amides is 2. The highest BCUT2D eigenvalue weighted by atomic mass is 32.2. The van der Waals surface area contributed by atoms with E-state index < -0.39 is 0 Å². The lowest BCUT2D eigenvalue weighted by Crippen LogP contribution is -2.15. The minimum atomic E-state index is -0.185. The van der Waals surface area contributed by atoms with Crippen molar-refractivity contribution < 1.29 is 14.3 Å². The molecule has 0 saturated heterocycles. The van der Waals surface area contributed by atoms with Crippen LogP contribution in [0.25, 0.3) is 0 Å². The number of nitrogens with zero attached hydrogens (tertiary/aromatic N) is 2. The van der Waals surface area contributed by atoms with Gasteiger partial charge in [0.15, 0.2) is 5.16 Å². The smallest absolute Gasteiger partial charge is 0.234 e. The maximum Gasteiger partial charge on any atom is 0.234 e. The van der Waals surface area contributed by atoms with E-state index in [-0.39, 0.29) is 17.6 Å². The van der Waals surface area contributed by atoms with Crippen LogP contribution in [-0.2, 0) is 9.59 Å². The van der Waals surface area contributed by atoms with Gasteiger partial charge in [-0.1, -0.05) is 18.7 Å². The molecule has 7 nitrogen and oxygen atoms in total. The third-order valence-corrected chi connectivity index (χ3v) is 4.22. The van der Waals surface area contributed by atoms with Crippen molar-refractivity contribution in [3.05, 3.63) is 35.7 Å². The highest BCUT2D eigenvalue weighted by Gasteiger charge is 2.10. The van der Waals surface area contributed by atoms with Crippen LogP contribution in [0.2, 0.25) is 0 Å². The third kappa shape index (κ3) is 5.73. The molecule has 0 aliphatic heterocycles. The van der Waals surface area contributed by atoms with Crippen LogP contribution in [0.3, 0.4) is 0 Å². The maximum atomic E-state index is 12.2. The van der Waals surface area contributed by atoms with E-state index in [2.05, 4.69) is 20.6 Å². The number of rotatable bonds is 7. The topological polar surface area (TPSA) is 93.2 Å². The van der Waals surface area contributed by atoms with Crippen LogP contribution in [0.1, 0.15) is 24.7 Å². The SMILES string of the molecule is CCC(=O)Nc1cc(NC(=O)CSc2nc(C)cc(C)n2)ccc1OC. The van der Waals surface area contributed by atoms with E-state index in [1.165, 1.54) is 18.9 Å². The van der Waals surface area contributed by atoms with Gasteiger partial charge in [0.05, 0.1) is 18.6 Å². The monoisotopic (exact) mass is 374 g/mol. The first-order valence-electron chi connectivity index (χ1n) is 8.14. The summed E-state index contributed by atoms with van der Waals surface area (Å²) >= 11 is 1.27. The lowest BCUT2D eigenvalue weighted by atomic mass is 10.2. The van der Waals surface area contributed by atoms with Crippen molar-refractivity contribution in [2.45, 2.75) is 32.3 Å². The van der Waals surface area contributed by atoms with Crippen molar-refractivity contribution in [1.29, 1.82) is 0 Å². The van der Waals surface area contributed by atoms with Crippen molar-refractivity contribution in [3.63, 3.8) is 0 Å². The molecule has 1 heterocycles. The maximum absolute atomic E-state index is 12.2. The second-order valence-corrected chi connectivity index (χ2v) is 6.53. The number of aryl methyl sites for hydroxylation is 2. The van der Waals surface area contributed by atoms with Gasteiger partial charge in [-0.3, -0.25) is 9.59 Å². The van der Waals surface area contributed by atoms with Gasteiger partial charge in [-0.25, -0.2) is 9.97 Å². The Morgan fingerprint density at radius 1 is 1.08 bits per heavy atom. The van der Waals surface area contributed by atoms with E-state index in [0.29, 0.717) is 28.7 Å².